The monoisotopic (exact) mass is 357 g/mol. The van der Waals surface area contributed by atoms with Gasteiger partial charge in [0.15, 0.2) is 11.5 Å². The molecule has 0 N–H and O–H groups in total. The molecule has 0 fully saturated rings. The molecule has 26 heavy (non-hydrogen) atoms. The summed E-state index contributed by atoms with van der Waals surface area (Å²) in [7, 11) is 4.86. The van der Waals surface area contributed by atoms with Crippen LogP contribution in [0.4, 0.5) is 0 Å². The first kappa shape index (κ1) is 17.9. The summed E-state index contributed by atoms with van der Waals surface area (Å²) < 4.78 is 22.5. The molecule has 0 atom stereocenters. The lowest BCUT2D eigenvalue weighted by Gasteiger charge is -2.19. The Labute approximate surface area is 153 Å². The molecule has 0 radical (unpaired) electrons. The van der Waals surface area contributed by atoms with Crippen LogP contribution in [0.1, 0.15) is 12.5 Å². The van der Waals surface area contributed by atoms with Crippen molar-refractivity contribution in [1.29, 1.82) is 0 Å². The number of carbonyl (C=O) groups excluding carboxylic acids is 1. The van der Waals surface area contributed by atoms with Crippen molar-refractivity contribution in [3.05, 3.63) is 35.9 Å². The zero-order chi connectivity index (χ0) is 18.7. The first-order valence-electron chi connectivity index (χ1n) is 8.39. The normalized spacial score (nSPS) is 13.3. The van der Waals surface area contributed by atoms with Gasteiger partial charge in [-0.15, -0.1) is 0 Å². The highest BCUT2D eigenvalue weighted by atomic mass is 16.5. The second kappa shape index (κ2) is 7.56. The third-order valence-electron chi connectivity index (χ3n) is 4.48. The van der Waals surface area contributed by atoms with Crippen molar-refractivity contribution in [3.63, 3.8) is 0 Å². The van der Waals surface area contributed by atoms with Crippen LogP contribution in [0.3, 0.4) is 0 Å². The zero-order valence-electron chi connectivity index (χ0n) is 15.5. The highest BCUT2D eigenvalue weighted by Gasteiger charge is 2.23. The Kier molecular flexibility index (Phi) is 5.21. The Morgan fingerprint density at radius 3 is 2.27 bits per heavy atom. The fraction of sp³-hybridized carbons (Fsp3) is 0.350. The molecule has 0 saturated carbocycles. The van der Waals surface area contributed by atoms with Gasteiger partial charge in [0.05, 0.1) is 33.4 Å². The van der Waals surface area contributed by atoms with E-state index in [4.69, 9.17) is 18.9 Å². The average Bonchev–Trinajstić information content (AvgIpc) is 2.89. The molecule has 2 aromatic carbocycles. The molecule has 1 heterocycles. The standard InChI is InChI=1S/C20H23NO5/c1-13(22)21-8-9-26-20-15(12-21)10-14(11-18(20)25-4)19-16(23-2)6-5-7-17(19)24-3/h5-7,10-11H,8-9,12H2,1-4H3. The van der Waals surface area contributed by atoms with E-state index in [2.05, 4.69) is 0 Å². The summed E-state index contributed by atoms with van der Waals surface area (Å²) in [6.07, 6.45) is 0. The van der Waals surface area contributed by atoms with Gasteiger partial charge in [0, 0.05) is 19.0 Å². The summed E-state index contributed by atoms with van der Waals surface area (Å²) in [6, 6.07) is 9.55. The summed E-state index contributed by atoms with van der Waals surface area (Å²) in [5, 5.41) is 0. The highest BCUT2D eigenvalue weighted by Crippen LogP contribution is 2.44. The van der Waals surface area contributed by atoms with Gasteiger partial charge >= 0.3 is 0 Å². The van der Waals surface area contributed by atoms with Crippen LogP contribution >= 0.6 is 0 Å². The minimum Gasteiger partial charge on any atom is -0.496 e. The number of hydrogen-bond acceptors (Lipinski definition) is 5. The van der Waals surface area contributed by atoms with Crippen molar-refractivity contribution in [2.45, 2.75) is 13.5 Å². The Morgan fingerprint density at radius 1 is 1.04 bits per heavy atom. The lowest BCUT2D eigenvalue weighted by atomic mass is 9.99. The molecule has 1 aliphatic rings. The van der Waals surface area contributed by atoms with Crippen LogP contribution in [-0.2, 0) is 11.3 Å². The van der Waals surface area contributed by atoms with E-state index >= 15 is 0 Å². The third kappa shape index (κ3) is 3.27. The SMILES string of the molecule is COc1cc(-c2c(OC)cccc2OC)cc2c1OCCN(C(C)=O)C2. The number of fused-ring (bicyclic) bond motifs is 1. The van der Waals surface area contributed by atoms with Gasteiger partial charge < -0.3 is 23.8 Å². The maximum absolute atomic E-state index is 11.9. The minimum atomic E-state index is 0.0145. The number of benzene rings is 2. The first-order valence-corrected chi connectivity index (χ1v) is 8.39. The Balaban J connectivity index is 2.18. The molecule has 3 rings (SSSR count). The summed E-state index contributed by atoms with van der Waals surface area (Å²) in [5.41, 5.74) is 2.60. The number of methoxy groups -OCH3 is 3. The van der Waals surface area contributed by atoms with Gasteiger partial charge in [-0.2, -0.15) is 0 Å². The predicted octanol–water partition coefficient (Wildman–Crippen LogP) is 3.12. The van der Waals surface area contributed by atoms with Crippen molar-refractivity contribution in [3.8, 4) is 34.1 Å². The molecule has 1 amide bonds. The lowest BCUT2D eigenvalue weighted by Crippen LogP contribution is -2.30. The molecule has 0 aromatic heterocycles. The quantitative estimate of drug-likeness (QED) is 0.841. The summed E-state index contributed by atoms with van der Waals surface area (Å²) in [6.45, 7) is 3.00. The Morgan fingerprint density at radius 2 is 1.69 bits per heavy atom. The molecule has 0 spiro atoms. The Hall–Kier alpha value is -2.89. The van der Waals surface area contributed by atoms with Crippen LogP contribution in [0.2, 0.25) is 0 Å². The molecule has 138 valence electrons. The van der Waals surface area contributed by atoms with Gasteiger partial charge in [0.1, 0.15) is 18.1 Å². The topological polar surface area (TPSA) is 57.2 Å². The van der Waals surface area contributed by atoms with Crippen LogP contribution in [0.5, 0.6) is 23.0 Å². The van der Waals surface area contributed by atoms with E-state index in [0.29, 0.717) is 42.7 Å². The molecule has 0 saturated heterocycles. The fourth-order valence-corrected chi connectivity index (χ4v) is 3.18. The van der Waals surface area contributed by atoms with Gasteiger partial charge in [-0.3, -0.25) is 4.79 Å². The van der Waals surface area contributed by atoms with Crippen LogP contribution < -0.4 is 18.9 Å². The number of ether oxygens (including phenoxy) is 4. The van der Waals surface area contributed by atoms with Crippen molar-refractivity contribution in [2.75, 3.05) is 34.5 Å². The smallest absolute Gasteiger partial charge is 0.219 e. The van der Waals surface area contributed by atoms with Crippen LogP contribution in [0, 0.1) is 0 Å². The number of amides is 1. The van der Waals surface area contributed by atoms with Crippen molar-refractivity contribution in [2.24, 2.45) is 0 Å². The molecule has 6 nitrogen and oxygen atoms in total. The predicted molar refractivity (Wildman–Crippen MR) is 98.1 cm³/mol. The van der Waals surface area contributed by atoms with Crippen molar-refractivity contribution < 1.29 is 23.7 Å². The molecule has 1 aliphatic heterocycles. The van der Waals surface area contributed by atoms with E-state index in [0.717, 1.165) is 16.7 Å². The van der Waals surface area contributed by atoms with E-state index in [1.807, 2.05) is 30.3 Å². The summed E-state index contributed by atoms with van der Waals surface area (Å²) >= 11 is 0. The van der Waals surface area contributed by atoms with Gasteiger partial charge in [0.2, 0.25) is 5.91 Å². The molecule has 2 aromatic rings. The number of hydrogen-bond donors (Lipinski definition) is 0. The number of nitrogens with zero attached hydrogens (tertiary/aromatic N) is 1. The number of rotatable bonds is 4. The maximum Gasteiger partial charge on any atom is 0.219 e. The highest BCUT2D eigenvalue weighted by molar-refractivity contribution is 5.80. The van der Waals surface area contributed by atoms with Crippen molar-refractivity contribution in [1.82, 2.24) is 4.90 Å². The summed E-state index contributed by atoms with van der Waals surface area (Å²) in [5.74, 6) is 2.71. The van der Waals surface area contributed by atoms with Gasteiger partial charge in [0.25, 0.3) is 0 Å². The van der Waals surface area contributed by atoms with Crippen LogP contribution in [0.25, 0.3) is 11.1 Å². The van der Waals surface area contributed by atoms with E-state index in [-0.39, 0.29) is 5.91 Å². The minimum absolute atomic E-state index is 0.0145. The van der Waals surface area contributed by atoms with E-state index in [1.54, 1.807) is 33.2 Å². The van der Waals surface area contributed by atoms with Crippen LogP contribution in [0.15, 0.2) is 30.3 Å². The molecule has 0 aliphatic carbocycles. The average molecular weight is 357 g/mol. The summed E-state index contributed by atoms with van der Waals surface area (Å²) in [4.78, 5) is 13.6. The van der Waals surface area contributed by atoms with Gasteiger partial charge in [-0.1, -0.05) is 6.07 Å². The molecule has 6 heteroatoms. The maximum atomic E-state index is 11.9. The lowest BCUT2D eigenvalue weighted by molar-refractivity contribution is -0.129. The third-order valence-corrected chi connectivity index (χ3v) is 4.48. The van der Waals surface area contributed by atoms with Gasteiger partial charge in [-0.25, -0.2) is 0 Å². The van der Waals surface area contributed by atoms with E-state index in [9.17, 15) is 4.79 Å². The van der Waals surface area contributed by atoms with Gasteiger partial charge in [-0.05, 0) is 29.8 Å². The van der Waals surface area contributed by atoms with E-state index in [1.165, 1.54) is 0 Å². The first-order chi connectivity index (χ1) is 12.6. The second-order valence-corrected chi connectivity index (χ2v) is 5.99. The van der Waals surface area contributed by atoms with E-state index < -0.39 is 0 Å². The molecular formula is C20H23NO5. The van der Waals surface area contributed by atoms with Crippen molar-refractivity contribution >= 4 is 5.91 Å². The van der Waals surface area contributed by atoms with Crippen LogP contribution in [-0.4, -0.2) is 45.3 Å². The molecule has 0 bridgehead atoms. The fourth-order valence-electron chi connectivity index (χ4n) is 3.18. The Bertz CT molecular complexity index is 796. The molecule has 0 unspecified atom stereocenters. The largest absolute Gasteiger partial charge is 0.496 e. The zero-order valence-corrected chi connectivity index (χ0v) is 15.5. The number of carbonyl (C=O) groups is 1. The second-order valence-electron chi connectivity index (χ2n) is 5.99. The molecular weight excluding hydrogens is 334 g/mol.